The molecule has 1 aromatic carbocycles. The van der Waals surface area contributed by atoms with Crippen molar-refractivity contribution in [3.63, 3.8) is 0 Å². The first-order valence-corrected chi connectivity index (χ1v) is 12.6. The molecule has 1 aromatic rings. The van der Waals surface area contributed by atoms with Gasteiger partial charge in [0.2, 0.25) is 6.29 Å². The van der Waals surface area contributed by atoms with Gasteiger partial charge in [-0.1, -0.05) is 12.1 Å². The molecule has 1 amide bonds. The van der Waals surface area contributed by atoms with Gasteiger partial charge in [0.05, 0.1) is 11.5 Å². The lowest BCUT2D eigenvalue weighted by atomic mass is 10.2. The lowest BCUT2D eigenvalue weighted by Gasteiger charge is -2.27. The molecular weight excluding hydrogens is 454 g/mol. The maximum absolute atomic E-state index is 13.2. The van der Waals surface area contributed by atoms with E-state index in [2.05, 4.69) is 4.84 Å². The molecule has 13 heteroatoms. The molecular formula is C18H25NO10S2. The summed E-state index contributed by atoms with van der Waals surface area (Å²) in [6, 6.07) is 4.57. The SMILES string of the molecule is CC(C)(C)OC(=O)N(OC(=O)OC1CCCCO1)S(=O)(=O)c1ccccc1S(C)(=O)=O. The highest BCUT2D eigenvalue weighted by molar-refractivity contribution is 7.93. The number of carbonyl (C=O) groups is 2. The number of hydroxylamine groups is 1. The molecule has 1 fully saturated rings. The average molecular weight is 480 g/mol. The van der Waals surface area contributed by atoms with Crippen LogP contribution >= 0.6 is 0 Å². The van der Waals surface area contributed by atoms with Crippen molar-refractivity contribution in [2.45, 2.75) is 61.7 Å². The zero-order valence-corrected chi connectivity index (χ0v) is 19.2. The molecule has 31 heavy (non-hydrogen) atoms. The summed E-state index contributed by atoms with van der Waals surface area (Å²) in [7, 11) is -9.02. The van der Waals surface area contributed by atoms with Crippen LogP contribution in [0.4, 0.5) is 9.59 Å². The highest BCUT2D eigenvalue weighted by Crippen LogP contribution is 2.26. The van der Waals surface area contributed by atoms with E-state index in [4.69, 9.17) is 14.2 Å². The Morgan fingerprint density at radius 1 is 1.06 bits per heavy atom. The van der Waals surface area contributed by atoms with Crippen LogP contribution < -0.4 is 0 Å². The van der Waals surface area contributed by atoms with Crippen LogP contribution in [0.2, 0.25) is 0 Å². The normalized spacial score (nSPS) is 17.5. The summed E-state index contributed by atoms with van der Waals surface area (Å²) >= 11 is 0. The first-order chi connectivity index (χ1) is 14.2. The highest BCUT2D eigenvalue weighted by atomic mass is 32.2. The minimum Gasteiger partial charge on any atom is -0.441 e. The van der Waals surface area contributed by atoms with Crippen LogP contribution in [0.5, 0.6) is 0 Å². The standard InChI is InChI=1S/C18H25NO10S2/c1-18(2,3)28-16(20)19(29-17(21)27-15-11-7-8-12-26-15)31(24,25)14-10-6-5-9-13(14)30(4,22)23/h5-6,9-10,15H,7-8,11-12H2,1-4H3. The van der Waals surface area contributed by atoms with Crippen LogP contribution in [-0.2, 0) is 38.9 Å². The van der Waals surface area contributed by atoms with E-state index < -0.39 is 53.8 Å². The summed E-state index contributed by atoms with van der Waals surface area (Å²) in [6.45, 7) is 4.74. The van der Waals surface area contributed by atoms with Gasteiger partial charge in [-0.25, -0.2) is 18.0 Å². The van der Waals surface area contributed by atoms with Gasteiger partial charge in [-0.05, 0) is 50.2 Å². The zero-order valence-electron chi connectivity index (χ0n) is 17.6. The van der Waals surface area contributed by atoms with Crippen molar-refractivity contribution in [1.29, 1.82) is 0 Å². The minimum absolute atomic E-state index is 0.326. The molecule has 11 nitrogen and oxygen atoms in total. The number of amides is 1. The molecule has 1 aliphatic heterocycles. The van der Waals surface area contributed by atoms with E-state index in [1.807, 2.05) is 0 Å². The van der Waals surface area contributed by atoms with Crippen molar-refractivity contribution in [3.8, 4) is 0 Å². The highest BCUT2D eigenvalue weighted by Gasteiger charge is 2.40. The number of hydrogen-bond donors (Lipinski definition) is 0. The first kappa shape index (κ1) is 24.9. The quantitative estimate of drug-likeness (QED) is 0.467. The maximum atomic E-state index is 13.2. The van der Waals surface area contributed by atoms with E-state index in [0.29, 0.717) is 19.4 Å². The minimum atomic E-state index is -5.01. The van der Waals surface area contributed by atoms with Crippen molar-refractivity contribution >= 4 is 32.1 Å². The molecule has 1 atom stereocenters. The molecule has 0 bridgehead atoms. The number of ether oxygens (including phenoxy) is 3. The maximum Gasteiger partial charge on any atom is 0.536 e. The van der Waals surface area contributed by atoms with Gasteiger partial charge < -0.3 is 14.2 Å². The van der Waals surface area contributed by atoms with Crippen molar-refractivity contribution in [3.05, 3.63) is 24.3 Å². The predicted molar refractivity (Wildman–Crippen MR) is 106 cm³/mol. The number of rotatable bonds is 4. The fourth-order valence-corrected chi connectivity index (χ4v) is 5.22. The second kappa shape index (κ2) is 9.40. The van der Waals surface area contributed by atoms with E-state index in [9.17, 15) is 26.4 Å². The van der Waals surface area contributed by atoms with Gasteiger partial charge in [0.15, 0.2) is 9.84 Å². The first-order valence-electron chi connectivity index (χ1n) is 9.29. The fourth-order valence-electron chi connectivity index (χ4n) is 2.54. The molecule has 1 aliphatic rings. The van der Waals surface area contributed by atoms with E-state index in [0.717, 1.165) is 24.8 Å². The topological polar surface area (TPSA) is 143 Å². The third-order valence-electron chi connectivity index (χ3n) is 3.81. The predicted octanol–water partition coefficient (Wildman–Crippen LogP) is 2.61. The molecule has 0 saturated carbocycles. The van der Waals surface area contributed by atoms with Gasteiger partial charge in [0, 0.05) is 12.7 Å². The number of benzene rings is 1. The summed E-state index contributed by atoms with van der Waals surface area (Å²) in [5.74, 6) is 0. The Hall–Kier alpha value is -2.38. The fraction of sp³-hybridized carbons (Fsp3) is 0.556. The zero-order chi connectivity index (χ0) is 23.4. The number of nitrogens with zero attached hydrogens (tertiary/aromatic N) is 1. The van der Waals surface area contributed by atoms with Crippen LogP contribution in [-0.4, -0.2) is 58.3 Å². The third kappa shape index (κ3) is 6.80. The monoisotopic (exact) mass is 479 g/mol. The van der Waals surface area contributed by atoms with Crippen molar-refractivity contribution in [2.75, 3.05) is 12.9 Å². The number of sulfone groups is 1. The summed E-state index contributed by atoms with van der Waals surface area (Å²) in [5, 5.41) is 0. The van der Waals surface area contributed by atoms with Crippen molar-refractivity contribution in [2.24, 2.45) is 0 Å². The summed E-state index contributed by atoms with van der Waals surface area (Å²) in [4.78, 5) is 28.1. The van der Waals surface area contributed by atoms with Crippen LogP contribution in [0.25, 0.3) is 0 Å². The van der Waals surface area contributed by atoms with Crippen LogP contribution in [0.1, 0.15) is 40.0 Å². The largest absolute Gasteiger partial charge is 0.536 e. The van der Waals surface area contributed by atoms with Crippen LogP contribution in [0.15, 0.2) is 34.1 Å². The van der Waals surface area contributed by atoms with Gasteiger partial charge >= 0.3 is 22.3 Å². The Bertz CT molecular complexity index is 1020. The molecule has 0 aromatic heterocycles. The van der Waals surface area contributed by atoms with Crippen LogP contribution in [0.3, 0.4) is 0 Å². The van der Waals surface area contributed by atoms with Crippen molar-refractivity contribution in [1.82, 2.24) is 4.47 Å². The van der Waals surface area contributed by atoms with E-state index >= 15 is 0 Å². The van der Waals surface area contributed by atoms with E-state index in [1.165, 1.54) is 32.9 Å². The van der Waals surface area contributed by atoms with Gasteiger partial charge in [0.25, 0.3) is 0 Å². The second-order valence-corrected chi connectivity index (χ2v) is 11.4. The Kier molecular flexibility index (Phi) is 7.55. The van der Waals surface area contributed by atoms with Gasteiger partial charge in [-0.2, -0.15) is 8.42 Å². The second-order valence-electron chi connectivity index (χ2n) is 7.69. The molecule has 1 unspecified atom stereocenters. The van der Waals surface area contributed by atoms with Crippen molar-refractivity contribution < 1.29 is 45.5 Å². The van der Waals surface area contributed by atoms with E-state index in [-0.39, 0.29) is 4.47 Å². The third-order valence-corrected chi connectivity index (χ3v) is 6.67. The molecule has 1 saturated heterocycles. The Balaban J connectivity index is 2.42. The lowest BCUT2D eigenvalue weighted by molar-refractivity contribution is -0.160. The molecule has 1 heterocycles. The smallest absolute Gasteiger partial charge is 0.441 e. The van der Waals surface area contributed by atoms with Crippen LogP contribution in [0, 0.1) is 0 Å². The van der Waals surface area contributed by atoms with Gasteiger partial charge in [0.1, 0.15) is 10.5 Å². The average Bonchev–Trinajstić information content (AvgIpc) is 2.64. The van der Waals surface area contributed by atoms with Gasteiger partial charge in [-0.15, -0.1) is 0 Å². The Labute approximate surface area is 181 Å². The molecule has 0 spiro atoms. The summed E-state index contributed by atoms with van der Waals surface area (Å²) in [6.07, 6.45) is -1.40. The molecule has 0 radical (unpaired) electrons. The molecule has 0 aliphatic carbocycles. The molecule has 0 N–H and O–H groups in total. The summed E-state index contributed by atoms with van der Waals surface area (Å²) in [5.41, 5.74) is -1.15. The number of carbonyl (C=O) groups excluding carboxylic acids is 2. The Morgan fingerprint density at radius 2 is 1.68 bits per heavy atom. The van der Waals surface area contributed by atoms with Gasteiger partial charge in [-0.3, -0.25) is 4.84 Å². The summed E-state index contributed by atoms with van der Waals surface area (Å²) < 4.78 is 65.2. The number of hydrogen-bond acceptors (Lipinski definition) is 10. The lowest BCUT2D eigenvalue weighted by Crippen LogP contribution is -2.43. The molecule has 174 valence electrons. The Morgan fingerprint density at radius 3 is 2.19 bits per heavy atom. The molecule has 2 rings (SSSR count). The number of sulfonamides is 1. The van der Waals surface area contributed by atoms with E-state index in [1.54, 1.807) is 0 Å².